The van der Waals surface area contributed by atoms with Crippen molar-refractivity contribution in [3.8, 4) is 0 Å². The minimum absolute atomic E-state index is 0.0788. The Morgan fingerprint density at radius 3 is 2.52 bits per heavy atom. The fourth-order valence-corrected chi connectivity index (χ4v) is 3.31. The normalized spacial score (nSPS) is 14.4. The summed E-state index contributed by atoms with van der Waals surface area (Å²) < 4.78 is 0. The molecule has 0 atom stereocenters. The van der Waals surface area contributed by atoms with Crippen LogP contribution in [-0.4, -0.2) is 29.9 Å². The maximum absolute atomic E-state index is 13.0. The Labute approximate surface area is 172 Å². The van der Waals surface area contributed by atoms with Crippen LogP contribution in [0.5, 0.6) is 0 Å². The first kappa shape index (κ1) is 20.8. The molecule has 0 radical (unpaired) electrons. The van der Waals surface area contributed by atoms with Gasteiger partial charge in [0, 0.05) is 48.8 Å². The molecule has 2 N–H and O–H groups in total. The lowest BCUT2D eigenvalue weighted by Gasteiger charge is -2.30. The van der Waals surface area contributed by atoms with Crippen LogP contribution < -0.4 is 15.5 Å². The first-order chi connectivity index (χ1) is 13.8. The molecule has 1 aliphatic rings. The Balaban J connectivity index is 1.84. The molecule has 1 aliphatic heterocycles. The highest BCUT2D eigenvalue weighted by atomic mass is 16.2. The van der Waals surface area contributed by atoms with Crippen molar-refractivity contribution in [2.75, 3.05) is 23.3 Å². The molecule has 154 valence electrons. The summed E-state index contributed by atoms with van der Waals surface area (Å²) in [5.41, 5.74) is 2.58. The Bertz CT molecular complexity index is 853. The summed E-state index contributed by atoms with van der Waals surface area (Å²) in [6.07, 6.45) is 6.92. The molecule has 1 aromatic heterocycles. The number of hydrogen-bond donors (Lipinski definition) is 2. The number of anilines is 2. The topological polar surface area (TPSA) is 74.3 Å². The third-order valence-electron chi connectivity index (χ3n) is 5.05. The minimum Gasteiger partial charge on any atom is -0.371 e. The second kappa shape index (κ2) is 9.07. The van der Waals surface area contributed by atoms with E-state index in [0.29, 0.717) is 17.8 Å². The molecule has 1 aromatic carbocycles. The zero-order valence-electron chi connectivity index (χ0n) is 17.5. The standard InChI is InChI=1S/C23H30N4O2/c1-23(2,3)22(29)26-18-9-10-20(27-12-5-4-6-13-27)19(14-18)21(28)25-16-17-8-7-11-24-15-17/h7-11,14-15H,4-6,12-13,16H2,1-3H3,(H,25,28)(H,26,29). The lowest BCUT2D eigenvalue weighted by atomic mass is 9.95. The summed E-state index contributed by atoms with van der Waals surface area (Å²) >= 11 is 0. The van der Waals surface area contributed by atoms with Crippen LogP contribution in [0.15, 0.2) is 42.7 Å². The molecule has 6 nitrogen and oxygen atoms in total. The van der Waals surface area contributed by atoms with Gasteiger partial charge in [0.25, 0.3) is 5.91 Å². The maximum Gasteiger partial charge on any atom is 0.253 e. The summed E-state index contributed by atoms with van der Waals surface area (Å²) in [6.45, 7) is 7.89. The molecule has 0 unspecified atom stereocenters. The number of nitrogens with zero attached hydrogens (tertiary/aromatic N) is 2. The van der Waals surface area contributed by atoms with Gasteiger partial charge in [-0.2, -0.15) is 0 Å². The Morgan fingerprint density at radius 1 is 1.10 bits per heavy atom. The maximum atomic E-state index is 13.0. The second-order valence-electron chi connectivity index (χ2n) is 8.53. The van der Waals surface area contributed by atoms with Gasteiger partial charge in [-0.3, -0.25) is 14.6 Å². The molecular formula is C23H30N4O2. The van der Waals surface area contributed by atoms with Gasteiger partial charge in [0.05, 0.1) is 5.56 Å². The van der Waals surface area contributed by atoms with Gasteiger partial charge in [-0.1, -0.05) is 26.8 Å². The zero-order valence-corrected chi connectivity index (χ0v) is 17.5. The number of rotatable bonds is 5. The van der Waals surface area contributed by atoms with Crippen LogP contribution in [0.2, 0.25) is 0 Å². The fraction of sp³-hybridized carbons (Fsp3) is 0.435. The number of carbonyl (C=O) groups is 2. The summed E-state index contributed by atoms with van der Waals surface area (Å²) in [5.74, 6) is -0.230. The number of benzene rings is 1. The number of piperidine rings is 1. The highest BCUT2D eigenvalue weighted by molar-refractivity contribution is 6.02. The summed E-state index contributed by atoms with van der Waals surface area (Å²) in [6, 6.07) is 9.39. The number of hydrogen-bond acceptors (Lipinski definition) is 4. The monoisotopic (exact) mass is 394 g/mol. The third-order valence-corrected chi connectivity index (χ3v) is 5.05. The van der Waals surface area contributed by atoms with Crippen LogP contribution in [0.25, 0.3) is 0 Å². The van der Waals surface area contributed by atoms with Gasteiger partial charge in [0.2, 0.25) is 5.91 Å². The van der Waals surface area contributed by atoms with Crippen LogP contribution >= 0.6 is 0 Å². The predicted molar refractivity (Wildman–Crippen MR) is 116 cm³/mol. The van der Waals surface area contributed by atoms with Crippen molar-refractivity contribution in [2.45, 2.75) is 46.6 Å². The van der Waals surface area contributed by atoms with E-state index in [1.807, 2.05) is 45.0 Å². The SMILES string of the molecule is CC(C)(C)C(=O)Nc1ccc(N2CCCCC2)c(C(=O)NCc2cccnc2)c1. The van der Waals surface area contributed by atoms with Gasteiger partial charge in [-0.05, 0) is 49.1 Å². The highest BCUT2D eigenvalue weighted by Gasteiger charge is 2.23. The van der Waals surface area contributed by atoms with Crippen LogP contribution in [0.4, 0.5) is 11.4 Å². The van der Waals surface area contributed by atoms with E-state index >= 15 is 0 Å². The van der Waals surface area contributed by atoms with E-state index in [9.17, 15) is 9.59 Å². The molecule has 0 saturated carbocycles. The molecule has 2 heterocycles. The van der Waals surface area contributed by atoms with Crippen LogP contribution in [0.1, 0.15) is 56.0 Å². The van der Waals surface area contributed by atoms with Gasteiger partial charge in [0.15, 0.2) is 0 Å². The minimum atomic E-state index is -0.506. The van der Waals surface area contributed by atoms with E-state index in [2.05, 4.69) is 20.5 Å². The van der Waals surface area contributed by atoms with E-state index in [1.165, 1.54) is 6.42 Å². The van der Waals surface area contributed by atoms with E-state index in [0.717, 1.165) is 37.2 Å². The first-order valence-electron chi connectivity index (χ1n) is 10.2. The number of aromatic nitrogens is 1. The van der Waals surface area contributed by atoms with E-state index < -0.39 is 5.41 Å². The van der Waals surface area contributed by atoms with Crippen molar-refractivity contribution < 1.29 is 9.59 Å². The molecule has 2 aromatic rings. The third kappa shape index (κ3) is 5.56. The van der Waals surface area contributed by atoms with Crippen molar-refractivity contribution in [3.05, 3.63) is 53.9 Å². The second-order valence-corrected chi connectivity index (χ2v) is 8.53. The smallest absolute Gasteiger partial charge is 0.253 e. The molecule has 2 amide bonds. The average molecular weight is 395 g/mol. The zero-order chi connectivity index (χ0) is 20.9. The lowest BCUT2D eigenvalue weighted by Crippen LogP contribution is -2.33. The van der Waals surface area contributed by atoms with Crippen molar-refractivity contribution in [3.63, 3.8) is 0 Å². The van der Waals surface area contributed by atoms with E-state index in [1.54, 1.807) is 18.5 Å². The molecule has 3 rings (SSSR count). The molecule has 0 bridgehead atoms. The highest BCUT2D eigenvalue weighted by Crippen LogP contribution is 2.28. The molecule has 0 spiro atoms. The Hall–Kier alpha value is -2.89. The summed E-state index contributed by atoms with van der Waals surface area (Å²) in [4.78, 5) is 31.8. The predicted octanol–water partition coefficient (Wildman–Crippen LogP) is 3.99. The van der Waals surface area contributed by atoms with Gasteiger partial charge >= 0.3 is 0 Å². The quantitative estimate of drug-likeness (QED) is 0.804. The van der Waals surface area contributed by atoms with Gasteiger partial charge in [0.1, 0.15) is 0 Å². The molecule has 1 fully saturated rings. The molecule has 0 aliphatic carbocycles. The Morgan fingerprint density at radius 2 is 1.86 bits per heavy atom. The van der Waals surface area contributed by atoms with Crippen molar-refractivity contribution in [2.24, 2.45) is 5.41 Å². The molecule has 1 saturated heterocycles. The number of pyridine rings is 1. The fourth-order valence-electron chi connectivity index (χ4n) is 3.31. The van der Waals surface area contributed by atoms with Gasteiger partial charge in [-0.15, -0.1) is 0 Å². The van der Waals surface area contributed by atoms with E-state index in [-0.39, 0.29) is 11.8 Å². The van der Waals surface area contributed by atoms with Crippen molar-refractivity contribution in [1.82, 2.24) is 10.3 Å². The van der Waals surface area contributed by atoms with Gasteiger partial charge in [-0.25, -0.2) is 0 Å². The molecule has 6 heteroatoms. The van der Waals surface area contributed by atoms with Crippen LogP contribution in [0, 0.1) is 5.41 Å². The lowest BCUT2D eigenvalue weighted by molar-refractivity contribution is -0.123. The van der Waals surface area contributed by atoms with E-state index in [4.69, 9.17) is 0 Å². The van der Waals surface area contributed by atoms with Crippen LogP contribution in [0.3, 0.4) is 0 Å². The Kier molecular flexibility index (Phi) is 6.52. The van der Waals surface area contributed by atoms with Crippen LogP contribution in [-0.2, 0) is 11.3 Å². The van der Waals surface area contributed by atoms with Crippen molar-refractivity contribution in [1.29, 1.82) is 0 Å². The molecule has 29 heavy (non-hydrogen) atoms. The molecular weight excluding hydrogens is 364 g/mol. The number of amides is 2. The number of nitrogens with one attached hydrogen (secondary N) is 2. The van der Waals surface area contributed by atoms with Crippen molar-refractivity contribution >= 4 is 23.2 Å². The number of carbonyl (C=O) groups excluding carboxylic acids is 2. The summed E-state index contributed by atoms with van der Waals surface area (Å²) in [7, 11) is 0. The first-order valence-corrected chi connectivity index (χ1v) is 10.2. The van der Waals surface area contributed by atoms with Gasteiger partial charge < -0.3 is 15.5 Å². The average Bonchev–Trinajstić information content (AvgIpc) is 2.72. The largest absolute Gasteiger partial charge is 0.371 e. The summed E-state index contributed by atoms with van der Waals surface area (Å²) in [5, 5.41) is 5.92.